The molecule has 1 heterocycles. The Labute approximate surface area is 97.9 Å². The number of rotatable bonds is 3. The highest BCUT2D eigenvalue weighted by atomic mass is 16.3. The first-order chi connectivity index (χ1) is 7.66. The number of likely N-dealkylation sites (tertiary alicyclic amines) is 1. The number of hydrogen-bond acceptors (Lipinski definition) is 2. The van der Waals surface area contributed by atoms with Gasteiger partial charge in [-0.1, -0.05) is 37.3 Å². The molecule has 1 aliphatic rings. The smallest absolute Gasteiger partial charge is 0.0934 e. The molecule has 2 atom stereocenters. The molecule has 0 aromatic heterocycles. The average Bonchev–Trinajstić information content (AvgIpc) is 2.76. The van der Waals surface area contributed by atoms with Crippen molar-refractivity contribution in [3.05, 3.63) is 35.9 Å². The molecule has 1 aromatic rings. The molecule has 1 fully saturated rings. The van der Waals surface area contributed by atoms with Crippen LogP contribution < -0.4 is 0 Å². The van der Waals surface area contributed by atoms with Gasteiger partial charge in [-0.3, -0.25) is 0 Å². The van der Waals surface area contributed by atoms with Crippen molar-refractivity contribution in [2.24, 2.45) is 5.92 Å². The van der Waals surface area contributed by atoms with Crippen molar-refractivity contribution in [2.45, 2.75) is 25.4 Å². The van der Waals surface area contributed by atoms with E-state index in [2.05, 4.69) is 18.9 Å². The zero-order chi connectivity index (χ0) is 11.6. The van der Waals surface area contributed by atoms with Crippen LogP contribution in [-0.2, 0) is 5.60 Å². The summed E-state index contributed by atoms with van der Waals surface area (Å²) in [7, 11) is 2.13. The third-order valence-electron chi connectivity index (χ3n) is 3.88. The topological polar surface area (TPSA) is 23.5 Å². The fourth-order valence-corrected chi connectivity index (χ4v) is 2.78. The van der Waals surface area contributed by atoms with Gasteiger partial charge in [0.15, 0.2) is 0 Å². The normalized spacial score (nSPS) is 25.6. The van der Waals surface area contributed by atoms with Crippen molar-refractivity contribution in [3.8, 4) is 0 Å². The predicted octanol–water partition coefficient (Wildman–Crippen LogP) is 2.24. The Hall–Kier alpha value is -0.860. The van der Waals surface area contributed by atoms with E-state index in [1.54, 1.807) is 0 Å². The summed E-state index contributed by atoms with van der Waals surface area (Å²) in [4.78, 5) is 2.30. The minimum Gasteiger partial charge on any atom is -0.385 e. The van der Waals surface area contributed by atoms with E-state index in [9.17, 15) is 5.11 Å². The molecule has 2 rings (SSSR count). The van der Waals surface area contributed by atoms with Gasteiger partial charge in [-0.2, -0.15) is 0 Å². The zero-order valence-corrected chi connectivity index (χ0v) is 10.2. The standard InChI is InChI=1S/C14H21NO/c1-3-14(16,12-7-5-4-6-8-12)13-9-10-15(2)11-13/h4-8,13,16H,3,9-11H2,1-2H3/t13-,14-/m1/s1. The van der Waals surface area contributed by atoms with Gasteiger partial charge in [0.05, 0.1) is 5.60 Å². The maximum Gasteiger partial charge on any atom is 0.0934 e. The van der Waals surface area contributed by atoms with Gasteiger partial charge in [-0.05, 0) is 32.0 Å². The SMILES string of the molecule is CC[C@@](O)(c1ccccc1)[C@@H]1CCN(C)C1. The van der Waals surface area contributed by atoms with Crippen molar-refractivity contribution >= 4 is 0 Å². The second-order valence-corrected chi connectivity index (χ2v) is 4.89. The summed E-state index contributed by atoms with van der Waals surface area (Å²) in [6, 6.07) is 10.1. The highest BCUT2D eigenvalue weighted by Crippen LogP contribution is 2.37. The second-order valence-electron chi connectivity index (χ2n) is 4.89. The Bertz CT molecular complexity index is 338. The van der Waals surface area contributed by atoms with Crippen LogP contribution in [0.4, 0.5) is 0 Å². The van der Waals surface area contributed by atoms with E-state index in [0.29, 0.717) is 5.92 Å². The maximum atomic E-state index is 10.9. The van der Waals surface area contributed by atoms with Gasteiger partial charge in [0, 0.05) is 12.5 Å². The molecule has 2 heteroatoms. The Kier molecular flexibility index (Phi) is 3.31. The van der Waals surface area contributed by atoms with Crippen LogP contribution in [0.5, 0.6) is 0 Å². The molecule has 0 amide bonds. The van der Waals surface area contributed by atoms with E-state index in [0.717, 1.165) is 31.5 Å². The fourth-order valence-electron chi connectivity index (χ4n) is 2.78. The molecule has 0 aliphatic carbocycles. The van der Waals surface area contributed by atoms with Gasteiger partial charge in [0.2, 0.25) is 0 Å². The highest BCUT2D eigenvalue weighted by molar-refractivity contribution is 5.23. The van der Waals surface area contributed by atoms with E-state index in [1.165, 1.54) is 0 Å². The van der Waals surface area contributed by atoms with Gasteiger partial charge in [-0.15, -0.1) is 0 Å². The molecule has 88 valence electrons. The van der Waals surface area contributed by atoms with Crippen molar-refractivity contribution in [1.82, 2.24) is 4.90 Å². The largest absolute Gasteiger partial charge is 0.385 e. The first-order valence-electron chi connectivity index (χ1n) is 6.13. The summed E-state index contributed by atoms with van der Waals surface area (Å²) in [6.07, 6.45) is 1.88. The van der Waals surface area contributed by atoms with E-state index in [4.69, 9.17) is 0 Å². The molecular formula is C14H21NO. The Morgan fingerprint density at radius 3 is 2.56 bits per heavy atom. The molecule has 1 aromatic carbocycles. The van der Waals surface area contributed by atoms with Crippen LogP contribution in [0.1, 0.15) is 25.3 Å². The van der Waals surface area contributed by atoms with Crippen LogP contribution in [0.15, 0.2) is 30.3 Å². The molecule has 2 nitrogen and oxygen atoms in total. The van der Waals surface area contributed by atoms with Crippen LogP contribution in [0.25, 0.3) is 0 Å². The van der Waals surface area contributed by atoms with Crippen LogP contribution in [0.3, 0.4) is 0 Å². The summed E-state index contributed by atoms with van der Waals surface area (Å²) in [5, 5.41) is 10.9. The van der Waals surface area contributed by atoms with Gasteiger partial charge in [0.25, 0.3) is 0 Å². The predicted molar refractivity (Wildman–Crippen MR) is 66.2 cm³/mol. The van der Waals surface area contributed by atoms with Crippen molar-refractivity contribution in [2.75, 3.05) is 20.1 Å². The number of nitrogens with zero attached hydrogens (tertiary/aromatic N) is 1. The van der Waals surface area contributed by atoms with Gasteiger partial charge in [-0.25, -0.2) is 0 Å². The van der Waals surface area contributed by atoms with Crippen LogP contribution in [0, 0.1) is 5.92 Å². The highest BCUT2D eigenvalue weighted by Gasteiger charge is 2.39. The third-order valence-corrected chi connectivity index (χ3v) is 3.88. The maximum absolute atomic E-state index is 10.9. The second kappa shape index (κ2) is 4.56. The molecular weight excluding hydrogens is 198 g/mol. The third kappa shape index (κ3) is 2.00. The van der Waals surface area contributed by atoms with Crippen LogP contribution in [0.2, 0.25) is 0 Å². The lowest BCUT2D eigenvalue weighted by atomic mass is 9.79. The number of benzene rings is 1. The summed E-state index contributed by atoms with van der Waals surface area (Å²) < 4.78 is 0. The lowest BCUT2D eigenvalue weighted by molar-refractivity contribution is -0.0234. The van der Waals surface area contributed by atoms with Crippen LogP contribution in [-0.4, -0.2) is 30.1 Å². The first-order valence-corrected chi connectivity index (χ1v) is 6.13. The van der Waals surface area contributed by atoms with Gasteiger partial charge < -0.3 is 10.0 Å². The molecule has 0 bridgehead atoms. The monoisotopic (exact) mass is 219 g/mol. The summed E-state index contributed by atoms with van der Waals surface area (Å²) in [5.41, 5.74) is 0.421. The minimum absolute atomic E-state index is 0.366. The lowest BCUT2D eigenvalue weighted by Crippen LogP contribution is -2.36. The Balaban J connectivity index is 2.26. The number of hydrogen-bond donors (Lipinski definition) is 1. The van der Waals surface area contributed by atoms with Crippen LogP contribution >= 0.6 is 0 Å². The van der Waals surface area contributed by atoms with E-state index < -0.39 is 5.60 Å². The molecule has 0 radical (unpaired) electrons. The van der Waals surface area contributed by atoms with E-state index >= 15 is 0 Å². The van der Waals surface area contributed by atoms with Gasteiger partial charge in [0.1, 0.15) is 0 Å². The van der Waals surface area contributed by atoms with Crippen molar-refractivity contribution in [3.63, 3.8) is 0 Å². The van der Waals surface area contributed by atoms with Gasteiger partial charge >= 0.3 is 0 Å². The first kappa shape index (κ1) is 11.6. The molecule has 0 spiro atoms. The van der Waals surface area contributed by atoms with E-state index in [-0.39, 0.29) is 0 Å². The molecule has 1 saturated heterocycles. The molecule has 16 heavy (non-hydrogen) atoms. The van der Waals surface area contributed by atoms with Crippen molar-refractivity contribution < 1.29 is 5.11 Å². The lowest BCUT2D eigenvalue weighted by Gasteiger charge is -2.33. The average molecular weight is 219 g/mol. The summed E-state index contributed by atoms with van der Waals surface area (Å²) >= 11 is 0. The quantitative estimate of drug-likeness (QED) is 0.842. The Morgan fingerprint density at radius 1 is 1.38 bits per heavy atom. The number of aliphatic hydroxyl groups is 1. The molecule has 1 aliphatic heterocycles. The van der Waals surface area contributed by atoms with Crippen molar-refractivity contribution in [1.29, 1.82) is 0 Å². The molecule has 0 saturated carbocycles. The molecule has 0 unspecified atom stereocenters. The summed E-state index contributed by atoms with van der Waals surface area (Å²) in [5.74, 6) is 0.366. The minimum atomic E-state index is -0.647. The zero-order valence-electron chi connectivity index (χ0n) is 10.2. The summed E-state index contributed by atoms with van der Waals surface area (Å²) in [6.45, 7) is 4.17. The van der Waals surface area contributed by atoms with E-state index in [1.807, 2.05) is 30.3 Å². The fraction of sp³-hybridized carbons (Fsp3) is 0.571. The molecule has 1 N–H and O–H groups in total. The Morgan fingerprint density at radius 2 is 2.06 bits per heavy atom.